The number of aliphatic carboxylic acids is 1. The van der Waals surface area contributed by atoms with Crippen LogP contribution in [0.15, 0.2) is 42.5 Å². The van der Waals surface area contributed by atoms with Crippen molar-refractivity contribution in [1.29, 1.82) is 0 Å². The summed E-state index contributed by atoms with van der Waals surface area (Å²) < 4.78 is 43.0. The normalized spacial score (nSPS) is 11.3. The first-order chi connectivity index (χ1) is 15.2. The second kappa shape index (κ2) is 14.1. The van der Waals surface area contributed by atoms with Crippen LogP contribution in [0, 0.1) is 11.7 Å². The van der Waals surface area contributed by atoms with Crippen molar-refractivity contribution in [2.75, 3.05) is 20.6 Å². The molecule has 6 nitrogen and oxygen atoms in total. The molecule has 32 heavy (non-hydrogen) atoms. The van der Waals surface area contributed by atoms with E-state index in [1.165, 1.54) is 19.2 Å². The van der Waals surface area contributed by atoms with Gasteiger partial charge in [0, 0.05) is 13.0 Å². The molecule has 0 radical (unpaired) electrons. The lowest BCUT2D eigenvalue weighted by Gasteiger charge is -2.17. The van der Waals surface area contributed by atoms with Gasteiger partial charge in [-0.1, -0.05) is 32.0 Å². The first kappa shape index (κ1) is 27.0. The number of carboxylic acid groups (broad SMARTS) is 1. The third-order valence-electron chi connectivity index (χ3n) is 4.20. The minimum atomic E-state index is -1.75. The molecule has 1 amide bonds. The second-order valence-corrected chi connectivity index (χ2v) is 7.20. The Morgan fingerprint density at radius 3 is 2.19 bits per heavy atom. The Kier molecular flexibility index (Phi) is 11.9. The van der Waals surface area contributed by atoms with Gasteiger partial charge in [-0.15, -0.1) is 0 Å². The third kappa shape index (κ3) is 9.38. The molecule has 0 bridgehead atoms. The summed E-state index contributed by atoms with van der Waals surface area (Å²) in [6.07, 6.45) is -0.870. The lowest BCUT2D eigenvalue weighted by molar-refractivity contribution is -0.150. The Morgan fingerprint density at radius 1 is 1.06 bits per heavy atom. The van der Waals surface area contributed by atoms with Crippen molar-refractivity contribution < 1.29 is 37.3 Å². The number of rotatable bonds is 10. The van der Waals surface area contributed by atoms with Crippen molar-refractivity contribution in [3.63, 3.8) is 0 Å². The largest absolute Gasteiger partial charge is 0.496 e. The van der Waals surface area contributed by atoms with E-state index < -0.39 is 19.0 Å². The van der Waals surface area contributed by atoms with Crippen LogP contribution in [0.2, 0.25) is 0 Å². The number of ether oxygens (including phenoxy) is 2. The van der Waals surface area contributed by atoms with Gasteiger partial charge in [-0.05, 0) is 41.3 Å². The maximum atomic E-state index is 13.0. The molecular weight excluding hydrogens is 427 g/mol. The van der Waals surface area contributed by atoms with Crippen LogP contribution in [-0.2, 0) is 22.5 Å². The molecule has 2 rings (SSSR count). The summed E-state index contributed by atoms with van der Waals surface area (Å²) in [5, 5.41) is 12.2. The van der Waals surface area contributed by atoms with Crippen molar-refractivity contribution in [3.05, 3.63) is 65.0 Å². The van der Waals surface area contributed by atoms with Gasteiger partial charge in [0.1, 0.15) is 11.6 Å². The van der Waals surface area contributed by atoms with Crippen molar-refractivity contribution in [2.45, 2.75) is 32.9 Å². The predicted molar refractivity (Wildman–Crippen MR) is 114 cm³/mol. The van der Waals surface area contributed by atoms with E-state index in [-0.39, 0.29) is 30.6 Å². The van der Waals surface area contributed by atoms with E-state index in [1.54, 1.807) is 30.3 Å². The van der Waals surface area contributed by atoms with Crippen LogP contribution in [0.4, 0.5) is 13.2 Å². The van der Waals surface area contributed by atoms with Crippen LogP contribution in [0.3, 0.4) is 0 Å². The summed E-state index contributed by atoms with van der Waals surface area (Å²) in [5.74, 6) is -1.19. The zero-order chi connectivity index (χ0) is 24.1. The fourth-order valence-corrected chi connectivity index (χ4v) is 2.68. The second-order valence-electron chi connectivity index (χ2n) is 7.20. The lowest BCUT2D eigenvalue weighted by atomic mass is 10.0. The number of hydrogen-bond acceptors (Lipinski definition) is 4. The number of hydrogen-bond donors (Lipinski definition) is 2. The summed E-state index contributed by atoms with van der Waals surface area (Å²) in [6, 6.07) is 10.8. The Bertz CT molecular complexity index is 859. The summed E-state index contributed by atoms with van der Waals surface area (Å²) >= 11 is 0. The summed E-state index contributed by atoms with van der Waals surface area (Å²) in [6.45, 7) is 2.69. The highest BCUT2D eigenvalue weighted by atomic mass is 19.3. The molecule has 0 aliphatic heterocycles. The van der Waals surface area contributed by atoms with E-state index in [4.69, 9.17) is 9.47 Å². The van der Waals surface area contributed by atoms with Crippen LogP contribution in [0.5, 0.6) is 5.75 Å². The molecule has 9 heteroatoms. The van der Waals surface area contributed by atoms with Crippen LogP contribution < -0.4 is 10.1 Å². The average molecular weight is 455 g/mol. The maximum absolute atomic E-state index is 13.0. The number of carbonyl (C=O) groups is 2. The Hall–Kier alpha value is -3.07. The summed E-state index contributed by atoms with van der Waals surface area (Å²) in [7, 11) is 1.46. The van der Waals surface area contributed by atoms with Crippen LogP contribution in [0.25, 0.3) is 0 Å². The number of halogens is 3. The van der Waals surface area contributed by atoms with Gasteiger partial charge in [-0.25, -0.2) is 18.0 Å². The number of carbonyl (C=O) groups excluding carboxylic acids is 1. The van der Waals surface area contributed by atoms with E-state index in [0.717, 1.165) is 5.56 Å². The number of benzene rings is 2. The first-order valence-corrected chi connectivity index (χ1v) is 9.87. The van der Waals surface area contributed by atoms with E-state index >= 15 is 0 Å². The van der Waals surface area contributed by atoms with Gasteiger partial charge in [-0.2, -0.15) is 0 Å². The fraction of sp³-hybridized carbons (Fsp3) is 0.391. The molecule has 0 fully saturated rings. The van der Waals surface area contributed by atoms with Gasteiger partial charge >= 0.3 is 5.97 Å². The van der Waals surface area contributed by atoms with E-state index in [9.17, 15) is 27.9 Å². The molecule has 176 valence electrons. The van der Waals surface area contributed by atoms with Crippen LogP contribution >= 0.6 is 0 Å². The smallest absolute Gasteiger partial charge is 0.333 e. The van der Waals surface area contributed by atoms with E-state index in [2.05, 4.69) is 5.32 Å². The standard InChI is InChI=1S/C22H26FNO5.CH2F2/c1-14(2)13-29-20(22(26)27)11-16-6-9-19(28-3)18(10-16)21(25)24-12-15-4-7-17(23)8-5-15;2-1-3/h4-10,14,20H,11-13H2,1-3H3,(H,24,25)(H,26,27);1H2. The number of methoxy groups -OCH3 is 1. The molecule has 2 aromatic rings. The van der Waals surface area contributed by atoms with Crippen molar-refractivity contribution >= 4 is 11.9 Å². The number of alkyl halides is 2. The monoisotopic (exact) mass is 455 g/mol. The summed E-state index contributed by atoms with van der Waals surface area (Å²) in [4.78, 5) is 24.1. The van der Waals surface area contributed by atoms with Gasteiger partial charge in [0.2, 0.25) is 6.93 Å². The first-order valence-electron chi connectivity index (χ1n) is 9.87. The zero-order valence-corrected chi connectivity index (χ0v) is 18.2. The molecule has 0 aromatic heterocycles. The number of nitrogens with one attached hydrogen (secondary N) is 1. The molecule has 0 saturated carbocycles. The minimum Gasteiger partial charge on any atom is -0.496 e. The highest BCUT2D eigenvalue weighted by molar-refractivity contribution is 5.97. The van der Waals surface area contributed by atoms with Crippen LogP contribution in [-0.4, -0.2) is 43.7 Å². The fourth-order valence-electron chi connectivity index (χ4n) is 2.68. The van der Waals surface area contributed by atoms with Crippen molar-refractivity contribution in [1.82, 2.24) is 5.32 Å². The maximum Gasteiger partial charge on any atom is 0.333 e. The lowest BCUT2D eigenvalue weighted by Crippen LogP contribution is -2.28. The van der Waals surface area contributed by atoms with Crippen molar-refractivity contribution in [2.24, 2.45) is 5.92 Å². The van der Waals surface area contributed by atoms with Gasteiger partial charge in [0.25, 0.3) is 5.91 Å². The molecule has 0 spiro atoms. The molecule has 0 heterocycles. The van der Waals surface area contributed by atoms with Gasteiger partial charge in [-0.3, -0.25) is 4.79 Å². The Labute approximate surface area is 185 Å². The SMILES string of the molecule is COc1ccc(CC(OCC(C)C)C(=O)O)cc1C(=O)NCc1ccc(F)cc1.FCF. The Morgan fingerprint density at radius 2 is 1.66 bits per heavy atom. The Balaban J connectivity index is 0.00000161. The molecule has 1 unspecified atom stereocenters. The average Bonchev–Trinajstić information content (AvgIpc) is 2.76. The molecule has 1 atom stereocenters. The van der Waals surface area contributed by atoms with Crippen molar-refractivity contribution in [3.8, 4) is 5.75 Å². The molecule has 0 aliphatic rings. The van der Waals surface area contributed by atoms with E-state index in [1.807, 2.05) is 13.8 Å². The van der Waals surface area contributed by atoms with Crippen LogP contribution in [0.1, 0.15) is 35.3 Å². The zero-order valence-electron chi connectivity index (χ0n) is 18.2. The van der Waals surface area contributed by atoms with E-state index in [0.29, 0.717) is 23.5 Å². The highest BCUT2D eigenvalue weighted by Crippen LogP contribution is 2.21. The molecule has 0 saturated heterocycles. The highest BCUT2D eigenvalue weighted by Gasteiger charge is 2.21. The number of amides is 1. The third-order valence-corrected chi connectivity index (χ3v) is 4.20. The quantitative estimate of drug-likeness (QED) is 0.558. The molecule has 0 aliphatic carbocycles. The minimum absolute atomic E-state index is 0.129. The molecule has 2 aromatic carbocycles. The predicted octanol–water partition coefficient (Wildman–Crippen LogP) is 4.32. The van der Waals surface area contributed by atoms with Gasteiger partial charge in [0.15, 0.2) is 6.10 Å². The molecule has 2 N–H and O–H groups in total. The van der Waals surface area contributed by atoms with Gasteiger partial charge < -0.3 is 19.9 Å². The topological polar surface area (TPSA) is 84.9 Å². The summed E-state index contributed by atoms with van der Waals surface area (Å²) in [5.41, 5.74) is 1.69. The van der Waals surface area contributed by atoms with Gasteiger partial charge in [0.05, 0.1) is 19.3 Å². The molecular formula is C23H28F3NO5. The number of carboxylic acids is 1.